The molecule has 7 heteroatoms. The molecular weight excluding hydrogens is 382 g/mol. The zero-order valence-electron chi connectivity index (χ0n) is 15.6. The summed E-state index contributed by atoms with van der Waals surface area (Å²) in [6.45, 7) is 0.691. The van der Waals surface area contributed by atoms with Crippen LogP contribution in [0.1, 0.15) is 11.1 Å². The van der Waals surface area contributed by atoms with E-state index < -0.39 is 0 Å². The van der Waals surface area contributed by atoms with Gasteiger partial charge >= 0.3 is 0 Å². The fraction of sp³-hybridized carbons (Fsp3) is 0.0909. The summed E-state index contributed by atoms with van der Waals surface area (Å²) in [5, 5.41) is 9.40. The van der Waals surface area contributed by atoms with Crippen LogP contribution in [0.2, 0.25) is 0 Å². The summed E-state index contributed by atoms with van der Waals surface area (Å²) in [6.07, 6.45) is 6.96. The van der Waals surface area contributed by atoms with Crippen LogP contribution < -0.4 is 5.43 Å². The molecule has 4 rings (SSSR count). The highest BCUT2D eigenvalue weighted by atomic mass is 32.2. The molecule has 2 aromatic carbocycles. The predicted octanol–water partition coefficient (Wildman–Crippen LogP) is 3.72. The lowest BCUT2D eigenvalue weighted by molar-refractivity contribution is -0.118. The van der Waals surface area contributed by atoms with Crippen LogP contribution in [0.15, 0.2) is 89.3 Å². The Morgan fingerprint density at radius 1 is 1.10 bits per heavy atom. The molecule has 29 heavy (non-hydrogen) atoms. The van der Waals surface area contributed by atoms with Crippen LogP contribution in [0.4, 0.5) is 0 Å². The van der Waals surface area contributed by atoms with Gasteiger partial charge in [-0.15, -0.1) is 11.8 Å². The third kappa shape index (κ3) is 5.08. The van der Waals surface area contributed by atoms with Crippen molar-refractivity contribution in [1.29, 1.82) is 0 Å². The van der Waals surface area contributed by atoms with Gasteiger partial charge in [0.25, 0.3) is 0 Å². The minimum atomic E-state index is -0.170. The van der Waals surface area contributed by atoms with Gasteiger partial charge in [-0.25, -0.2) is 5.43 Å². The van der Waals surface area contributed by atoms with Crippen LogP contribution >= 0.6 is 11.8 Å². The van der Waals surface area contributed by atoms with Gasteiger partial charge in [-0.1, -0.05) is 48.5 Å². The molecule has 0 aliphatic rings. The van der Waals surface area contributed by atoms with Gasteiger partial charge in [0, 0.05) is 28.2 Å². The first-order chi connectivity index (χ1) is 14.3. The average molecular weight is 401 g/mol. The van der Waals surface area contributed by atoms with Crippen molar-refractivity contribution in [3.05, 3.63) is 90.4 Å². The molecule has 0 spiro atoms. The number of hydrazone groups is 1. The predicted molar refractivity (Wildman–Crippen MR) is 116 cm³/mol. The minimum absolute atomic E-state index is 0.170. The maximum Gasteiger partial charge on any atom is 0.250 e. The highest BCUT2D eigenvalue weighted by Gasteiger charge is 2.06. The quantitative estimate of drug-likeness (QED) is 0.291. The third-order valence-corrected chi connectivity index (χ3v) is 5.24. The molecule has 6 nitrogen and oxygen atoms in total. The maximum absolute atomic E-state index is 12.1. The van der Waals surface area contributed by atoms with Crippen molar-refractivity contribution in [2.45, 2.75) is 11.4 Å². The molecule has 0 fully saturated rings. The number of aromatic nitrogens is 3. The van der Waals surface area contributed by atoms with Gasteiger partial charge in [-0.2, -0.15) is 10.2 Å². The molecule has 0 saturated heterocycles. The SMILES string of the molecule is O=C(CSc1cccc2cccnc12)N/N=C\c1cnn(Cc2ccccc2)c1. The largest absolute Gasteiger partial charge is 0.272 e. The smallest absolute Gasteiger partial charge is 0.250 e. The monoisotopic (exact) mass is 401 g/mol. The van der Waals surface area contributed by atoms with E-state index in [0.29, 0.717) is 6.54 Å². The fourth-order valence-electron chi connectivity index (χ4n) is 2.85. The molecule has 2 heterocycles. The number of hydrogen-bond donors (Lipinski definition) is 1. The van der Waals surface area contributed by atoms with E-state index in [0.717, 1.165) is 21.4 Å². The fourth-order valence-corrected chi connectivity index (χ4v) is 3.68. The number of hydrogen-bond acceptors (Lipinski definition) is 5. The molecule has 1 amide bonds. The van der Waals surface area contributed by atoms with E-state index in [1.54, 1.807) is 18.6 Å². The number of benzene rings is 2. The molecular formula is C22H19N5OS. The number of nitrogens with zero attached hydrogens (tertiary/aromatic N) is 4. The van der Waals surface area contributed by atoms with Crippen molar-refractivity contribution in [1.82, 2.24) is 20.2 Å². The molecule has 0 unspecified atom stereocenters. The van der Waals surface area contributed by atoms with Gasteiger partial charge in [0.05, 0.1) is 30.2 Å². The molecule has 0 radical (unpaired) electrons. The highest BCUT2D eigenvalue weighted by Crippen LogP contribution is 2.25. The minimum Gasteiger partial charge on any atom is -0.272 e. The number of para-hydroxylation sites is 1. The second kappa shape index (κ2) is 9.16. The molecule has 0 aliphatic heterocycles. The van der Waals surface area contributed by atoms with Gasteiger partial charge in [-0.05, 0) is 17.7 Å². The number of fused-ring (bicyclic) bond motifs is 1. The van der Waals surface area contributed by atoms with E-state index in [1.165, 1.54) is 17.3 Å². The normalized spacial score (nSPS) is 11.2. The summed E-state index contributed by atoms with van der Waals surface area (Å²) in [7, 11) is 0. The van der Waals surface area contributed by atoms with E-state index >= 15 is 0 Å². The Labute approximate surface area is 172 Å². The van der Waals surface area contributed by atoms with E-state index in [-0.39, 0.29) is 11.7 Å². The third-order valence-electron chi connectivity index (χ3n) is 4.20. The maximum atomic E-state index is 12.1. The Morgan fingerprint density at radius 2 is 1.97 bits per heavy atom. The zero-order chi connectivity index (χ0) is 19.9. The second-order valence-electron chi connectivity index (χ2n) is 6.37. The average Bonchev–Trinajstić information content (AvgIpc) is 3.20. The first-order valence-electron chi connectivity index (χ1n) is 9.13. The van der Waals surface area contributed by atoms with E-state index in [4.69, 9.17) is 0 Å². The first-order valence-corrected chi connectivity index (χ1v) is 10.1. The van der Waals surface area contributed by atoms with E-state index in [9.17, 15) is 4.79 Å². The zero-order valence-corrected chi connectivity index (χ0v) is 16.4. The van der Waals surface area contributed by atoms with Crippen LogP contribution in [0.25, 0.3) is 10.9 Å². The van der Waals surface area contributed by atoms with Crippen LogP contribution in [0.5, 0.6) is 0 Å². The number of pyridine rings is 1. The Hall–Kier alpha value is -3.45. The van der Waals surface area contributed by atoms with Gasteiger partial charge in [-0.3, -0.25) is 14.5 Å². The van der Waals surface area contributed by atoms with Crippen molar-refractivity contribution < 1.29 is 4.79 Å². The summed E-state index contributed by atoms with van der Waals surface area (Å²) >= 11 is 1.44. The lowest BCUT2D eigenvalue weighted by Gasteiger charge is -2.04. The number of rotatable bonds is 7. The van der Waals surface area contributed by atoms with Crippen molar-refractivity contribution in [3.63, 3.8) is 0 Å². The van der Waals surface area contributed by atoms with Crippen molar-refractivity contribution in [2.75, 3.05) is 5.75 Å². The second-order valence-corrected chi connectivity index (χ2v) is 7.39. The summed E-state index contributed by atoms with van der Waals surface area (Å²) in [5.74, 6) is 0.0937. The summed E-state index contributed by atoms with van der Waals surface area (Å²) in [5.41, 5.74) is 5.46. The number of amides is 1. The molecule has 1 N–H and O–H groups in total. The van der Waals surface area contributed by atoms with Gasteiger partial charge in [0.2, 0.25) is 5.91 Å². The Balaban J connectivity index is 1.29. The molecule has 4 aromatic rings. The molecule has 0 saturated carbocycles. The first kappa shape index (κ1) is 18.9. The molecule has 2 aromatic heterocycles. The highest BCUT2D eigenvalue weighted by molar-refractivity contribution is 8.00. The summed E-state index contributed by atoms with van der Waals surface area (Å²) < 4.78 is 1.84. The van der Waals surface area contributed by atoms with Crippen molar-refractivity contribution in [3.8, 4) is 0 Å². The number of carbonyl (C=O) groups excluding carboxylic acids is 1. The van der Waals surface area contributed by atoms with Gasteiger partial charge in [0.15, 0.2) is 0 Å². The Kier molecular flexibility index (Phi) is 5.97. The topological polar surface area (TPSA) is 72.2 Å². The molecule has 0 bridgehead atoms. The molecule has 0 aliphatic carbocycles. The standard InChI is InChI=1S/C22H19N5OS/c28-21(16-29-20-10-4-8-19-9-5-11-23-22(19)20)26-24-12-18-13-25-27(15-18)14-17-6-2-1-3-7-17/h1-13,15H,14,16H2,(H,26,28)/b24-12-. The molecule has 0 atom stereocenters. The van der Waals surface area contributed by atoms with E-state index in [2.05, 4.69) is 32.7 Å². The van der Waals surface area contributed by atoms with Crippen LogP contribution in [0, 0.1) is 0 Å². The van der Waals surface area contributed by atoms with Crippen molar-refractivity contribution >= 4 is 34.8 Å². The lowest BCUT2D eigenvalue weighted by Crippen LogP contribution is -2.19. The Bertz CT molecular complexity index is 1130. The Morgan fingerprint density at radius 3 is 2.86 bits per heavy atom. The summed E-state index contributed by atoms with van der Waals surface area (Å²) in [6, 6.07) is 20.0. The van der Waals surface area contributed by atoms with Gasteiger partial charge in [0.1, 0.15) is 0 Å². The lowest BCUT2D eigenvalue weighted by atomic mass is 10.2. The van der Waals surface area contributed by atoms with Crippen molar-refractivity contribution in [2.24, 2.45) is 5.10 Å². The molecule has 144 valence electrons. The van der Waals surface area contributed by atoms with Gasteiger partial charge < -0.3 is 0 Å². The van der Waals surface area contributed by atoms with Crippen LogP contribution in [-0.4, -0.2) is 32.6 Å². The van der Waals surface area contributed by atoms with Crippen LogP contribution in [-0.2, 0) is 11.3 Å². The number of nitrogens with one attached hydrogen (secondary N) is 1. The van der Waals surface area contributed by atoms with E-state index in [1.807, 2.05) is 59.4 Å². The number of carbonyl (C=O) groups is 1. The summed E-state index contributed by atoms with van der Waals surface area (Å²) in [4.78, 5) is 17.5. The number of thioether (sulfide) groups is 1. The van der Waals surface area contributed by atoms with Crippen LogP contribution in [0.3, 0.4) is 0 Å².